The van der Waals surface area contributed by atoms with Gasteiger partial charge in [-0.3, -0.25) is 0 Å². The average Bonchev–Trinajstić information content (AvgIpc) is 2.57. The summed E-state index contributed by atoms with van der Waals surface area (Å²) in [5.41, 5.74) is 2.31. The van der Waals surface area contributed by atoms with Crippen LogP contribution in [0.2, 0.25) is 5.02 Å². The molecule has 0 amide bonds. The number of nitrogens with zero attached hydrogens (tertiary/aromatic N) is 2. The molecule has 0 atom stereocenters. The van der Waals surface area contributed by atoms with Gasteiger partial charge in [0.2, 0.25) is 0 Å². The molecule has 0 N–H and O–H groups in total. The maximum atomic E-state index is 6.17. The van der Waals surface area contributed by atoms with E-state index in [1.807, 2.05) is 26.1 Å². The molecule has 0 unspecified atom stereocenters. The second kappa shape index (κ2) is 4.07. The van der Waals surface area contributed by atoms with Crippen molar-refractivity contribution in [2.24, 2.45) is 0 Å². The number of benzene rings is 1. The molecular weight excluding hydrogens is 208 g/mol. The molecule has 0 aliphatic heterocycles. The summed E-state index contributed by atoms with van der Waals surface area (Å²) < 4.78 is 2.08. The molecule has 2 aromatic rings. The van der Waals surface area contributed by atoms with E-state index in [-0.39, 0.29) is 0 Å². The van der Waals surface area contributed by atoms with Crippen molar-refractivity contribution in [1.82, 2.24) is 9.55 Å². The van der Waals surface area contributed by atoms with Crippen molar-refractivity contribution in [3.05, 3.63) is 52.6 Å². The molecule has 1 aromatic carbocycles. The zero-order valence-electron chi connectivity index (χ0n) is 8.87. The maximum Gasteiger partial charge on any atom is 0.105 e. The SMILES string of the molecule is Cc1ccc(Cn2ccnc2C)c(Cl)c1. The summed E-state index contributed by atoms with van der Waals surface area (Å²) in [5.74, 6) is 1.01. The Hall–Kier alpha value is -1.28. The van der Waals surface area contributed by atoms with Gasteiger partial charge in [-0.15, -0.1) is 0 Å². The second-order valence-electron chi connectivity index (χ2n) is 3.70. The maximum absolute atomic E-state index is 6.17. The largest absolute Gasteiger partial charge is 0.331 e. The summed E-state index contributed by atoms with van der Waals surface area (Å²) in [4.78, 5) is 4.18. The first kappa shape index (κ1) is 10.2. The van der Waals surface area contributed by atoms with Crippen molar-refractivity contribution in [3.8, 4) is 0 Å². The molecule has 0 spiro atoms. The van der Waals surface area contributed by atoms with Gasteiger partial charge in [0.1, 0.15) is 5.82 Å². The van der Waals surface area contributed by atoms with E-state index in [2.05, 4.69) is 21.7 Å². The van der Waals surface area contributed by atoms with Crippen LogP contribution in [0.4, 0.5) is 0 Å². The van der Waals surface area contributed by atoms with Crippen molar-refractivity contribution in [2.45, 2.75) is 20.4 Å². The number of aryl methyl sites for hydroxylation is 2. The molecule has 15 heavy (non-hydrogen) atoms. The third kappa shape index (κ3) is 2.21. The van der Waals surface area contributed by atoms with Crippen molar-refractivity contribution in [1.29, 1.82) is 0 Å². The monoisotopic (exact) mass is 220 g/mol. The molecule has 0 aliphatic carbocycles. The predicted octanol–water partition coefficient (Wildman–Crippen LogP) is 3.20. The van der Waals surface area contributed by atoms with Gasteiger partial charge in [0.05, 0.1) is 6.54 Å². The molecule has 0 radical (unpaired) electrons. The summed E-state index contributed by atoms with van der Waals surface area (Å²) in [6.45, 7) is 4.81. The predicted molar refractivity (Wildman–Crippen MR) is 62.3 cm³/mol. The quantitative estimate of drug-likeness (QED) is 0.760. The van der Waals surface area contributed by atoms with Gasteiger partial charge in [-0.05, 0) is 31.0 Å². The lowest BCUT2D eigenvalue weighted by atomic mass is 10.1. The fourth-order valence-corrected chi connectivity index (χ4v) is 1.83. The minimum absolute atomic E-state index is 0.783. The average molecular weight is 221 g/mol. The Labute approximate surface area is 94.5 Å². The Kier molecular flexibility index (Phi) is 2.78. The Morgan fingerprint density at radius 2 is 2.13 bits per heavy atom. The molecule has 0 aliphatic rings. The van der Waals surface area contributed by atoms with E-state index < -0.39 is 0 Å². The summed E-state index contributed by atoms with van der Waals surface area (Å²) in [7, 11) is 0. The van der Waals surface area contributed by atoms with Gasteiger partial charge < -0.3 is 4.57 Å². The van der Waals surface area contributed by atoms with Crippen LogP contribution in [-0.2, 0) is 6.54 Å². The number of rotatable bonds is 2. The molecule has 0 bridgehead atoms. The van der Waals surface area contributed by atoms with Crippen LogP contribution in [0, 0.1) is 13.8 Å². The highest BCUT2D eigenvalue weighted by Gasteiger charge is 2.03. The fourth-order valence-electron chi connectivity index (χ4n) is 1.53. The summed E-state index contributed by atoms with van der Waals surface area (Å²) in [6, 6.07) is 6.13. The van der Waals surface area contributed by atoms with E-state index in [0.29, 0.717) is 0 Å². The van der Waals surface area contributed by atoms with E-state index in [1.165, 1.54) is 5.56 Å². The first-order valence-electron chi connectivity index (χ1n) is 4.89. The minimum atomic E-state index is 0.783. The fraction of sp³-hybridized carbons (Fsp3) is 0.250. The molecule has 0 saturated carbocycles. The number of hydrogen-bond donors (Lipinski definition) is 0. The van der Waals surface area contributed by atoms with Crippen molar-refractivity contribution in [3.63, 3.8) is 0 Å². The third-order valence-electron chi connectivity index (χ3n) is 2.47. The van der Waals surface area contributed by atoms with Gasteiger partial charge in [-0.1, -0.05) is 23.7 Å². The molecular formula is C12H13ClN2. The van der Waals surface area contributed by atoms with Crippen LogP contribution in [0.25, 0.3) is 0 Å². The second-order valence-corrected chi connectivity index (χ2v) is 4.10. The van der Waals surface area contributed by atoms with Gasteiger partial charge >= 0.3 is 0 Å². The van der Waals surface area contributed by atoms with Crippen LogP contribution in [-0.4, -0.2) is 9.55 Å². The van der Waals surface area contributed by atoms with Gasteiger partial charge in [-0.25, -0.2) is 4.98 Å². The topological polar surface area (TPSA) is 17.8 Å². The van der Waals surface area contributed by atoms with E-state index >= 15 is 0 Å². The van der Waals surface area contributed by atoms with E-state index in [4.69, 9.17) is 11.6 Å². The van der Waals surface area contributed by atoms with Gasteiger partial charge in [0.15, 0.2) is 0 Å². The van der Waals surface area contributed by atoms with E-state index in [1.54, 1.807) is 6.20 Å². The molecule has 3 heteroatoms. The van der Waals surface area contributed by atoms with Crippen LogP contribution >= 0.6 is 11.6 Å². The molecule has 78 valence electrons. The Morgan fingerprint density at radius 1 is 1.33 bits per heavy atom. The molecule has 0 saturated heterocycles. The van der Waals surface area contributed by atoms with E-state index in [9.17, 15) is 0 Å². The first-order valence-corrected chi connectivity index (χ1v) is 5.27. The highest BCUT2D eigenvalue weighted by Crippen LogP contribution is 2.18. The van der Waals surface area contributed by atoms with Crippen LogP contribution in [0.1, 0.15) is 17.0 Å². The van der Waals surface area contributed by atoms with Crippen molar-refractivity contribution >= 4 is 11.6 Å². The Morgan fingerprint density at radius 3 is 2.73 bits per heavy atom. The normalized spacial score (nSPS) is 10.6. The number of hydrogen-bond acceptors (Lipinski definition) is 1. The number of imidazole rings is 1. The van der Waals surface area contributed by atoms with Gasteiger partial charge in [0, 0.05) is 17.4 Å². The number of halogens is 1. The van der Waals surface area contributed by atoms with Crippen LogP contribution in [0.5, 0.6) is 0 Å². The standard InChI is InChI=1S/C12H13ClN2/c1-9-3-4-11(12(13)7-9)8-15-6-5-14-10(15)2/h3-7H,8H2,1-2H3. The smallest absolute Gasteiger partial charge is 0.105 e. The van der Waals surface area contributed by atoms with Crippen molar-refractivity contribution in [2.75, 3.05) is 0 Å². The molecule has 2 nitrogen and oxygen atoms in total. The van der Waals surface area contributed by atoms with Gasteiger partial charge in [0.25, 0.3) is 0 Å². The highest BCUT2D eigenvalue weighted by atomic mass is 35.5. The molecule has 2 rings (SSSR count). The summed E-state index contributed by atoms with van der Waals surface area (Å²) in [6.07, 6.45) is 3.77. The van der Waals surface area contributed by atoms with Gasteiger partial charge in [-0.2, -0.15) is 0 Å². The van der Waals surface area contributed by atoms with Crippen LogP contribution in [0.15, 0.2) is 30.6 Å². The van der Waals surface area contributed by atoms with Crippen molar-refractivity contribution < 1.29 is 0 Å². The van der Waals surface area contributed by atoms with Crippen LogP contribution < -0.4 is 0 Å². The highest BCUT2D eigenvalue weighted by molar-refractivity contribution is 6.31. The molecule has 0 fully saturated rings. The summed E-state index contributed by atoms with van der Waals surface area (Å²) in [5, 5.41) is 0.822. The Balaban J connectivity index is 2.29. The Bertz CT molecular complexity index is 474. The molecule has 1 heterocycles. The molecule has 1 aromatic heterocycles. The zero-order valence-corrected chi connectivity index (χ0v) is 9.62. The zero-order chi connectivity index (χ0) is 10.8. The summed E-state index contributed by atoms with van der Waals surface area (Å²) >= 11 is 6.17. The lowest BCUT2D eigenvalue weighted by Crippen LogP contribution is -2.01. The minimum Gasteiger partial charge on any atom is -0.331 e. The van der Waals surface area contributed by atoms with E-state index in [0.717, 1.165) is 23.0 Å². The lowest BCUT2D eigenvalue weighted by molar-refractivity contribution is 0.761. The third-order valence-corrected chi connectivity index (χ3v) is 2.82. The van der Waals surface area contributed by atoms with Crippen LogP contribution in [0.3, 0.4) is 0 Å². The lowest BCUT2D eigenvalue weighted by Gasteiger charge is -2.07. The number of aromatic nitrogens is 2. The first-order chi connectivity index (χ1) is 7.16.